The Morgan fingerprint density at radius 2 is 1.80 bits per heavy atom. The van der Waals surface area contributed by atoms with E-state index in [2.05, 4.69) is 19.7 Å². The van der Waals surface area contributed by atoms with Gasteiger partial charge in [0.2, 0.25) is 0 Å². The molecule has 35 heavy (non-hydrogen) atoms. The lowest BCUT2D eigenvalue weighted by Crippen LogP contribution is -2.32. The zero-order valence-corrected chi connectivity index (χ0v) is 18.7. The minimum atomic E-state index is -4.83. The van der Waals surface area contributed by atoms with Gasteiger partial charge < -0.3 is 14.6 Å². The summed E-state index contributed by atoms with van der Waals surface area (Å²) in [6.45, 7) is 3.05. The van der Waals surface area contributed by atoms with E-state index in [1.165, 1.54) is 50.7 Å². The van der Waals surface area contributed by atoms with Crippen LogP contribution in [0.1, 0.15) is 49.5 Å². The second-order valence-corrected chi connectivity index (χ2v) is 9.23. The SMILES string of the molecule is CC(C)(O)c1ncc(-c2cn3c4c(nc3cc2F)[C@@H](O)C[C@@H]4C2C=CC=CC2OC(F)(F)F)cn1. The number of halogens is 4. The van der Waals surface area contributed by atoms with Crippen LogP contribution in [0.2, 0.25) is 0 Å². The number of nitrogens with zero attached hydrogens (tertiary/aromatic N) is 4. The van der Waals surface area contributed by atoms with E-state index in [0.717, 1.165) is 0 Å². The van der Waals surface area contributed by atoms with Crippen LogP contribution in [0.5, 0.6) is 0 Å². The third kappa shape index (κ3) is 4.35. The fraction of sp³-hybridized carbons (Fsp3) is 0.375. The maximum atomic E-state index is 15.0. The van der Waals surface area contributed by atoms with Gasteiger partial charge in [0.05, 0.1) is 23.6 Å². The van der Waals surface area contributed by atoms with Crippen molar-refractivity contribution < 1.29 is 32.5 Å². The van der Waals surface area contributed by atoms with Gasteiger partial charge in [-0.15, -0.1) is 13.2 Å². The van der Waals surface area contributed by atoms with Gasteiger partial charge in [0, 0.05) is 47.6 Å². The zero-order chi connectivity index (χ0) is 25.1. The topological polar surface area (TPSA) is 92.8 Å². The van der Waals surface area contributed by atoms with Crippen LogP contribution in [-0.2, 0) is 10.3 Å². The van der Waals surface area contributed by atoms with Gasteiger partial charge in [-0.2, -0.15) is 0 Å². The molecule has 0 fully saturated rings. The lowest BCUT2D eigenvalue weighted by molar-refractivity contribution is -0.340. The molecule has 3 heterocycles. The summed E-state index contributed by atoms with van der Waals surface area (Å²) in [6.07, 6.45) is 3.35. The predicted molar refractivity (Wildman–Crippen MR) is 116 cm³/mol. The number of imidazole rings is 1. The summed E-state index contributed by atoms with van der Waals surface area (Å²) >= 11 is 0. The number of aliphatic hydroxyl groups is 2. The van der Waals surface area contributed by atoms with Crippen molar-refractivity contribution in [3.63, 3.8) is 0 Å². The first-order valence-corrected chi connectivity index (χ1v) is 11.0. The van der Waals surface area contributed by atoms with Crippen molar-refractivity contribution in [3.05, 3.63) is 72.0 Å². The lowest BCUT2D eigenvalue weighted by atomic mass is 9.83. The number of allylic oxidation sites excluding steroid dienone is 2. The van der Waals surface area contributed by atoms with Gasteiger partial charge in [-0.25, -0.2) is 19.3 Å². The maximum absolute atomic E-state index is 15.0. The first-order chi connectivity index (χ1) is 16.4. The summed E-state index contributed by atoms with van der Waals surface area (Å²) < 4.78 is 60.1. The lowest BCUT2D eigenvalue weighted by Gasteiger charge is -2.30. The third-order valence-electron chi connectivity index (χ3n) is 6.29. The molecule has 2 N–H and O–H groups in total. The van der Waals surface area contributed by atoms with E-state index >= 15 is 4.39 Å². The summed E-state index contributed by atoms with van der Waals surface area (Å²) in [5, 5.41) is 20.7. The molecule has 0 saturated carbocycles. The summed E-state index contributed by atoms with van der Waals surface area (Å²) in [5.41, 5.74) is 0.234. The Balaban J connectivity index is 1.58. The molecular formula is C24H22F4N4O3. The summed E-state index contributed by atoms with van der Waals surface area (Å²) in [5.74, 6) is -1.72. The Morgan fingerprint density at radius 3 is 2.46 bits per heavy atom. The number of aromatic nitrogens is 4. The Hall–Kier alpha value is -3.15. The molecule has 0 aromatic carbocycles. The standard InChI is InChI=1S/C24H22F4N4O3/c1-23(2,34)22-29-9-12(10-30-22)15-11-32-19(8-16(15)25)31-20-17(33)7-14(21(20)32)13-5-3-4-6-18(13)35-24(26,27)28/h3-6,8-11,13-14,17-18,33-34H,7H2,1-2H3/t13?,14-,17+,18?/m1/s1. The molecule has 5 rings (SSSR count). The van der Waals surface area contributed by atoms with E-state index in [1.54, 1.807) is 16.6 Å². The van der Waals surface area contributed by atoms with Crippen LogP contribution in [0.4, 0.5) is 17.6 Å². The van der Waals surface area contributed by atoms with E-state index in [1.807, 2.05) is 0 Å². The normalized spacial score (nSPS) is 24.3. The Labute approximate surface area is 197 Å². The molecular weight excluding hydrogens is 468 g/mol. The number of pyridine rings is 1. The number of rotatable bonds is 4. The van der Waals surface area contributed by atoms with E-state index in [4.69, 9.17) is 0 Å². The molecule has 2 aliphatic carbocycles. The van der Waals surface area contributed by atoms with E-state index in [9.17, 15) is 23.4 Å². The second-order valence-electron chi connectivity index (χ2n) is 9.23. The summed E-state index contributed by atoms with van der Waals surface area (Å²) in [4.78, 5) is 12.6. The van der Waals surface area contributed by atoms with Crippen LogP contribution in [-0.4, -0.2) is 42.0 Å². The van der Waals surface area contributed by atoms with Crippen LogP contribution in [0.3, 0.4) is 0 Å². The van der Waals surface area contributed by atoms with Crippen molar-refractivity contribution in [3.8, 4) is 11.1 Å². The second kappa shape index (κ2) is 8.21. The maximum Gasteiger partial charge on any atom is 0.523 e. The average Bonchev–Trinajstić information content (AvgIpc) is 3.29. The van der Waals surface area contributed by atoms with Crippen molar-refractivity contribution in [2.75, 3.05) is 0 Å². The number of fused-ring (bicyclic) bond motifs is 3. The Bertz CT molecular complexity index is 1330. The van der Waals surface area contributed by atoms with E-state index in [0.29, 0.717) is 17.0 Å². The largest absolute Gasteiger partial charge is 0.523 e. The highest BCUT2D eigenvalue weighted by Gasteiger charge is 2.44. The summed E-state index contributed by atoms with van der Waals surface area (Å²) in [6, 6.07) is 1.20. The number of hydrogen-bond donors (Lipinski definition) is 2. The Morgan fingerprint density at radius 1 is 1.11 bits per heavy atom. The van der Waals surface area contributed by atoms with Crippen LogP contribution >= 0.6 is 0 Å². The molecule has 2 unspecified atom stereocenters. The molecule has 0 spiro atoms. The highest BCUT2D eigenvalue weighted by molar-refractivity contribution is 5.65. The van der Waals surface area contributed by atoms with Gasteiger partial charge in [-0.1, -0.05) is 24.3 Å². The van der Waals surface area contributed by atoms with Crippen LogP contribution in [0, 0.1) is 11.7 Å². The van der Waals surface area contributed by atoms with Crippen LogP contribution in [0.15, 0.2) is 49.0 Å². The van der Waals surface area contributed by atoms with Gasteiger partial charge in [-0.3, -0.25) is 4.74 Å². The molecule has 0 amide bonds. The van der Waals surface area contributed by atoms with Crippen molar-refractivity contribution in [2.24, 2.45) is 5.92 Å². The fourth-order valence-electron chi connectivity index (χ4n) is 4.75. The molecule has 2 aliphatic rings. The van der Waals surface area contributed by atoms with Gasteiger partial charge in [0.15, 0.2) is 5.82 Å². The monoisotopic (exact) mass is 490 g/mol. The number of hydrogen-bond acceptors (Lipinski definition) is 6. The van der Waals surface area contributed by atoms with E-state index < -0.39 is 41.8 Å². The molecule has 11 heteroatoms. The molecule has 0 saturated heterocycles. The number of ether oxygens (including phenoxy) is 1. The molecule has 3 aromatic rings. The van der Waals surface area contributed by atoms with Gasteiger partial charge in [-0.05, 0) is 20.3 Å². The highest BCUT2D eigenvalue weighted by Crippen LogP contribution is 2.48. The fourth-order valence-corrected chi connectivity index (χ4v) is 4.75. The molecule has 3 aromatic heterocycles. The molecule has 0 radical (unpaired) electrons. The highest BCUT2D eigenvalue weighted by atomic mass is 19.4. The zero-order valence-electron chi connectivity index (χ0n) is 18.7. The molecule has 0 aliphatic heterocycles. The number of aliphatic hydroxyl groups excluding tert-OH is 1. The minimum Gasteiger partial charge on any atom is -0.387 e. The van der Waals surface area contributed by atoms with Crippen molar-refractivity contribution in [1.29, 1.82) is 0 Å². The minimum absolute atomic E-state index is 0.141. The quantitative estimate of drug-likeness (QED) is 0.529. The first kappa shape index (κ1) is 23.6. The van der Waals surface area contributed by atoms with Crippen molar-refractivity contribution >= 4 is 5.65 Å². The van der Waals surface area contributed by atoms with Crippen molar-refractivity contribution in [2.45, 2.75) is 50.4 Å². The molecule has 0 bridgehead atoms. The molecule has 7 nitrogen and oxygen atoms in total. The van der Waals surface area contributed by atoms with E-state index in [-0.39, 0.29) is 23.5 Å². The third-order valence-corrected chi connectivity index (χ3v) is 6.29. The first-order valence-electron chi connectivity index (χ1n) is 11.0. The van der Waals surface area contributed by atoms with Crippen molar-refractivity contribution in [1.82, 2.24) is 19.4 Å². The smallest absolute Gasteiger partial charge is 0.387 e. The summed E-state index contributed by atoms with van der Waals surface area (Å²) in [7, 11) is 0. The van der Waals surface area contributed by atoms with Crippen LogP contribution in [0.25, 0.3) is 16.8 Å². The number of alkyl halides is 3. The molecule has 4 atom stereocenters. The predicted octanol–water partition coefficient (Wildman–Crippen LogP) is 4.33. The Kier molecular flexibility index (Phi) is 5.53. The van der Waals surface area contributed by atoms with Crippen LogP contribution < -0.4 is 0 Å². The van der Waals surface area contributed by atoms with Gasteiger partial charge in [0.25, 0.3) is 0 Å². The average molecular weight is 490 g/mol. The van der Waals surface area contributed by atoms with Gasteiger partial charge in [0.1, 0.15) is 17.1 Å². The van der Waals surface area contributed by atoms with Gasteiger partial charge >= 0.3 is 6.36 Å². The molecule has 184 valence electrons.